The summed E-state index contributed by atoms with van der Waals surface area (Å²) >= 11 is 0. The number of anilines is 1. The van der Waals surface area contributed by atoms with E-state index < -0.39 is 0 Å². The summed E-state index contributed by atoms with van der Waals surface area (Å²) < 4.78 is 15.7. The van der Waals surface area contributed by atoms with Crippen molar-refractivity contribution < 1.29 is 14.3 Å². The summed E-state index contributed by atoms with van der Waals surface area (Å²) in [6.45, 7) is 6.87. The van der Waals surface area contributed by atoms with Crippen molar-refractivity contribution >= 4 is 39.4 Å². The van der Waals surface area contributed by atoms with E-state index in [1.54, 1.807) is 0 Å². The van der Waals surface area contributed by atoms with Gasteiger partial charge >= 0.3 is 0 Å². The number of hydrogen-bond donors (Lipinski definition) is 2. The predicted octanol–water partition coefficient (Wildman–Crippen LogP) is 5.43. The Bertz CT molecular complexity index is 1960. The fourth-order valence-electron chi connectivity index (χ4n) is 6.73. The average molecular weight is 660 g/mol. The van der Waals surface area contributed by atoms with Crippen molar-refractivity contribution in [2.45, 2.75) is 32.4 Å². The lowest BCUT2D eigenvalue weighted by Crippen LogP contribution is -2.37. The third-order valence-electron chi connectivity index (χ3n) is 9.36. The van der Waals surface area contributed by atoms with Crippen LogP contribution in [-0.2, 0) is 27.4 Å². The van der Waals surface area contributed by atoms with Crippen molar-refractivity contribution in [1.82, 2.24) is 29.6 Å². The molecule has 3 aromatic carbocycles. The van der Waals surface area contributed by atoms with E-state index in [2.05, 4.69) is 98.0 Å². The molecule has 1 amide bonds. The molecule has 0 atom stereocenters. The lowest BCUT2D eigenvalue weighted by molar-refractivity contribution is -0.122. The Morgan fingerprint density at radius 2 is 1.55 bits per heavy atom. The van der Waals surface area contributed by atoms with E-state index in [9.17, 15) is 4.79 Å². The molecule has 49 heavy (non-hydrogen) atoms. The third-order valence-corrected chi connectivity index (χ3v) is 9.36. The number of ether oxygens (including phenoxy) is 2. The van der Waals surface area contributed by atoms with Gasteiger partial charge < -0.3 is 29.6 Å². The monoisotopic (exact) mass is 659 g/mol. The molecule has 1 aliphatic rings. The molecule has 1 saturated heterocycles. The van der Waals surface area contributed by atoms with E-state index in [1.807, 2.05) is 28.8 Å². The number of benzene rings is 3. The molecule has 10 nitrogen and oxygen atoms in total. The number of aromatic nitrogens is 4. The van der Waals surface area contributed by atoms with Gasteiger partial charge in [0.05, 0.1) is 37.5 Å². The van der Waals surface area contributed by atoms with Gasteiger partial charge in [-0.15, -0.1) is 0 Å². The maximum absolute atomic E-state index is 12.5. The van der Waals surface area contributed by atoms with Crippen molar-refractivity contribution in [3.63, 3.8) is 0 Å². The highest BCUT2D eigenvalue weighted by atomic mass is 16.5. The second kappa shape index (κ2) is 16.1. The van der Waals surface area contributed by atoms with Crippen LogP contribution >= 0.6 is 0 Å². The molecular weight excluding hydrogens is 614 g/mol. The highest BCUT2D eigenvalue weighted by Crippen LogP contribution is 2.26. The fourth-order valence-corrected chi connectivity index (χ4v) is 6.73. The summed E-state index contributed by atoms with van der Waals surface area (Å²) in [5, 5.41) is 7.79. The van der Waals surface area contributed by atoms with E-state index in [0.717, 1.165) is 68.2 Å². The molecule has 0 saturated carbocycles. The highest BCUT2D eigenvalue weighted by Gasteiger charge is 2.23. The maximum atomic E-state index is 12.5. The van der Waals surface area contributed by atoms with E-state index in [1.165, 1.54) is 22.0 Å². The number of nitrogens with one attached hydrogen (secondary N) is 2. The van der Waals surface area contributed by atoms with Crippen LogP contribution in [0.25, 0.3) is 27.7 Å². The zero-order valence-corrected chi connectivity index (χ0v) is 28.0. The molecule has 7 rings (SSSR count). The average Bonchev–Trinajstić information content (AvgIpc) is 3.72. The topological polar surface area (TPSA) is 98.0 Å². The number of piperidine rings is 1. The predicted molar refractivity (Wildman–Crippen MR) is 194 cm³/mol. The maximum Gasteiger partial charge on any atom is 0.236 e. The minimum Gasteiger partial charge on any atom is -0.378 e. The molecule has 1 aliphatic heterocycles. The Kier molecular flexibility index (Phi) is 10.8. The molecule has 0 spiro atoms. The van der Waals surface area contributed by atoms with Crippen molar-refractivity contribution in [1.29, 1.82) is 0 Å². The van der Waals surface area contributed by atoms with E-state index in [-0.39, 0.29) is 5.91 Å². The van der Waals surface area contributed by atoms with Crippen molar-refractivity contribution in [3.8, 4) is 0 Å². The zero-order valence-electron chi connectivity index (χ0n) is 28.0. The van der Waals surface area contributed by atoms with Crippen LogP contribution in [0.4, 0.5) is 5.82 Å². The number of carbonyl (C=O) groups is 1. The van der Waals surface area contributed by atoms with Crippen molar-refractivity contribution in [2.75, 3.05) is 57.5 Å². The van der Waals surface area contributed by atoms with Gasteiger partial charge in [-0.05, 0) is 60.2 Å². The first-order valence-electron chi connectivity index (χ1n) is 17.4. The molecule has 10 heteroatoms. The molecule has 0 aliphatic carbocycles. The van der Waals surface area contributed by atoms with Gasteiger partial charge in [0, 0.05) is 69.0 Å². The van der Waals surface area contributed by atoms with E-state index in [4.69, 9.17) is 14.5 Å². The summed E-state index contributed by atoms with van der Waals surface area (Å²) in [6, 6.07) is 29.4. The smallest absolute Gasteiger partial charge is 0.236 e. The number of nitrogens with zero attached hydrogens (tertiary/aromatic N) is 5. The summed E-state index contributed by atoms with van der Waals surface area (Å²) in [7, 11) is 0. The van der Waals surface area contributed by atoms with E-state index in [0.29, 0.717) is 45.3 Å². The number of fused-ring (bicyclic) bond motifs is 4. The summed E-state index contributed by atoms with van der Waals surface area (Å²) in [5.41, 5.74) is 5.85. The second-order valence-electron chi connectivity index (χ2n) is 12.7. The minimum atomic E-state index is 0.0939. The largest absolute Gasteiger partial charge is 0.378 e. The molecule has 0 radical (unpaired) electrons. The highest BCUT2D eigenvalue weighted by molar-refractivity contribution is 5.84. The van der Waals surface area contributed by atoms with Gasteiger partial charge in [-0.2, -0.15) is 4.98 Å². The first-order valence-corrected chi connectivity index (χ1v) is 17.4. The van der Waals surface area contributed by atoms with Gasteiger partial charge in [0.2, 0.25) is 11.7 Å². The zero-order chi connectivity index (χ0) is 33.3. The Morgan fingerprint density at radius 1 is 0.776 bits per heavy atom. The standard InChI is InChI=1S/C39H45N7O3/c47-38(27-30-13-19-44(20-14-30)37-16-22-46-36-11-5-4-10-34(36)42-39(46)43-37)41-18-24-49-26-25-48-23-17-40-28-32-9-6-12-35-33(32)15-21-45(35)29-31-7-2-1-3-8-31/h1-12,15-16,21-22,30,40H,13-14,17-20,23-29H2,(H,41,47). The van der Waals surface area contributed by atoms with Crippen LogP contribution in [0.1, 0.15) is 30.4 Å². The normalized spacial score (nSPS) is 13.9. The van der Waals surface area contributed by atoms with E-state index >= 15 is 0 Å². The van der Waals surface area contributed by atoms with Gasteiger partial charge in [0.1, 0.15) is 5.82 Å². The Labute approximate surface area is 287 Å². The number of carbonyl (C=O) groups excluding carboxylic acids is 1. The molecule has 0 unspecified atom stereocenters. The SMILES string of the molecule is O=C(CC1CCN(c2ccn3c(n2)nc2ccccc23)CC1)NCCOCCOCCNCc1cccc2c1ccn2Cc1ccccc1. The summed E-state index contributed by atoms with van der Waals surface area (Å²) in [6.07, 6.45) is 6.71. The van der Waals surface area contributed by atoms with Gasteiger partial charge in [0.15, 0.2) is 0 Å². The first kappa shape index (κ1) is 32.8. The molecule has 3 aromatic heterocycles. The van der Waals surface area contributed by atoms with Gasteiger partial charge in [0.25, 0.3) is 0 Å². The van der Waals surface area contributed by atoms with Crippen LogP contribution < -0.4 is 15.5 Å². The summed E-state index contributed by atoms with van der Waals surface area (Å²) in [4.78, 5) is 24.3. The number of para-hydroxylation sites is 2. The molecule has 2 N–H and O–H groups in total. The number of amides is 1. The van der Waals surface area contributed by atoms with Crippen LogP contribution in [0.2, 0.25) is 0 Å². The minimum absolute atomic E-state index is 0.0939. The lowest BCUT2D eigenvalue weighted by atomic mass is 9.93. The molecule has 4 heterocycles. The van der Waals surface area contributed by atoms with Crippen molar-refractivity contribution in [3.05, 3.63) is 108 Å². The van der Waals surface area contributed by atoms with Gasteiger partial charge in [-0.25, -0.2) is 4.98 Å². The lowest BCUT2D eigenvalue weighted by Gasteiger charge is -2.32. The van der Waals surface area contributed by atoms with Crippen LogP contribution in [0.15, 0.2) is 97.3 Å². The molecule has 0 bridgehead atoms. The third kappa shape index (κ3) is 8.28. The Balaban J connectivity index is 0.720. The molecular formula is C39H45N7O3. The van der Waals surface area contributed by atoms with Crippen LogP contribution in [0.5, 0.6) is 0 Å². The van der Waals surface area contributed by atoms with Crippen LogP contribution in [-0.4, -0.2) is 77.4 Å². The number of hydrogen-bond acceptors (Lipinski definition) is 7. The van der Waals surface area contributed by atoms with Crippen LogP contribution in [0, 0.1) is 5.92 Å². The van der Waals surface area contributed by atoms with Gasteiger partial charge in [-0.3, -0.25) is 9.20 Å². The number of rotatable bonds is 16. The Morgan fingerprint density at radius 3 is 2.41 bits per heavy atom. The Hall–Kier alpha value is -4.77. The molecule has 6 aromatic rings. The molecule has 1 fully saturated rings. The van der Waals surface area contributed by atoms with Gasteiger partial charge in [-0.1, -0.05) is 54.6 Å². The van der Waals surface area contributed by atoms with Crippen molar-refractivity contribution in [2.24, 2.45) is 5.92 Å². The molecule has 254 valence electrons. The van der Waals surface area contributed by atoms with Crippen LogP contribution in [0.3, 0.4) is 0 Å². The fraction of sp³-hybridized carbons (Fsp3) is 0.359. The first-order chi connectivity index (χ1) is 24.2. The number of imidazole rings is 1. The summed E-state index contributed by atoms with van der Waals surface area (Å²) in [5.74, 6) is 2.14. The second-order valence-corrected chi connectivity index (χ2v) is 12.7. The quantitative estimate of drug-likeness (QED) is 0.134.